The number of ether oxygens (including phenoxy) is 2. The quantitative estimate of drug-likeness (QED) is 0.327. The maximum Gasteiger partial charge on any atom is 0.119 e. The van der Waals surface area contributed by atoms with Crippen LogP contribution >= 0.6 is 0 Å². The molecule has 0 aliphatic rings. The van der Waals surface area contributed by atoms with Crippen molar-refractivity contribution in [2.45, 2.75) is 26.2 Å². The second kappa shape index (κ2) is 11.4. The number of methoxy groups -OCH3 is 2. The summed E-state index contributed by atoms with van der Waals surface area (Å²) in [6.07, 6.45) is 11.7. The van der Waals surface area contributed by atoms with Crippen molar-refractivity contribution < 1.29 is 9.47 Å². The lowest BCUT2D eigenvalue weighted by molar-refractivity contribution is 0.309. The highest BCUT2D eigenvalue weighted by atomic mass is 16.5. The van der Waals surface area contributed by atoms with Gasteiger partial charge in [-0.25, -0.2) is 0 Å². The molecule has 0 radical (unpaired) electrons. The van der Waals surface area contributed by atoms with E-state index in [0.717, 1.165) is 18.8 Å². The first-order valence-electron chi connectivity index (χ1n) is 8.16. The van der Waals surface area contributed by atoms with Crippen LogP contribution in [0.25, 0.3) is 0 Å². The molecular weight excluding hydrogens is 286 g/mol. The van der Waals surface area contributed by atoms with Gasteiger partial charge in [0.25, 0.3) is 0 Å². The zero-order chi connectivity index (χ0) is 16.9. The van der Waals surface area contributed by atoms with Gasteiger partial charge in [0.15, 0.2) is 0 Å². The zero-order valence-corrected chi connectivity index (χ0v) is 14.6. The van der Waals surface area contributed by atoms with Crippen molar-refractivity contribution in [3.05, 3.63) is 60.9 Å². The summed E-state index contributed by atoms with van der Waals surface area (Å²) in [5.41, 5.74) is 1.22. The molecule has 0 atom stereocenters. The summed E-state index contributed by atoms with van der Waals surface area (Å²) in [7, 11) is 3.31. The molecule has 0 unspecified atom stereocenters. The molecule has 23 heavy (non-hydrogen) atoms. The Kier molecular flexibility index (Phi) is 9.37. The Hall–Kier alpha value is -2.16. The summed E-state index contributed by atoms with van der Waals surface area (Å²) in [6.45, 7) is 7.91. The fourth-order valence-corrected chi connectivity index (χ4v) is 2.17. The van der Waals surface area contributed by atoms with E-state index in [4.69, 9.17) is 9.47 Å². The van der Waals surface area contributed by atoms with E-state index < -0.39 is 0 Å². The van der Waals surface area contributed by atoms with Crippen LogP contribution in [0, 0.1) is 0 Å². The molecule has 0 saturated carbocycles. The van der Waals surface area contributed by atoms with Crippen molar-refractivity contribution in [3.8, 4) is 5.75 Å². The monoisotopic (exact) mass is 315 g/mol. The van der Waals surface area contributed by atoms with Crippen LogP contribution in [0.1, 0.15) is 26.2 Å². The fraction of sp³-hybridized carbons (Fsp3) is 0.400. The van der Waals surface area contributed by atoms with Crippen LogP contribution in [-0.4, -0.2) is 27.3 Å². The Morgan fingerprint density at radius 2 is 1.87 bits per heavy atom. The highest BCUT2D eigenvalue weighted by Crippen LogP contribution is 2.19. The van der Waals surface area contributed by atoms with Gasteiger partial charge in [0.05, 0.1) is 14.2 Å². The molecule has 0 amide bonds. The van der Waals surface area contributed by atoms with Crippen molar-refractivity contribution in [2.24, 2.45) is 0 Å². The van der Waals surface area contributed by atoms with E-state index in [2.05, 4.69) is 36.6 Å². The topological polar surface area (TPSA) is 21.7 Å². The van der Waals surface area contributed by atoms with Crippen molar-refractivity contribution in [1.29, 1.82) is 0 Å². The third-order valence-corrected chi connectivity index (χ3v) is 3.59. The van der Waals surface area contributed by atoms with Gasteiger partial charge in [0, 0.05) is 18.8 Å². The number of anilines is 1. The molecule has 1 aromatic rings. The normalized spacial score (nSPS) is 11.1. The van der Waals surface area contributed by atoms with Gasteiger partial charge < -0.3 is 14.4 Å². The van der Waals surface area contributed by atoms with E-state index in [1.165, 1.54) is 24.9 Å². The molecule has 126 valence electrons. The summed E-state index contributed by atoms with van der Waals surface area (Å²) >= 11 is 0. The molecule has 0 saturated heterocycles. The van der Waals surface area contributed by atoms with Gasteiger partial charge in [0.2, 0.25) is 0 Å². The van der Waals surface area contributed by atoms with Crippen LogP contribution in [0.5, 0.6) is 5.75 Å². The lowest BCUT2D eigenvalue weighted by Crippen LogP contribution is -2.24. The molecule has 0 bridgehead atoms. The predicted octanol–water partition coefficient (Wildman–Crippen LogP) is 4.96. The summed E-state index contributed by atoms with van der Waals surface area (Å²) in [4.78, 5) is 2.38. The first kappa shape index (κ1) is 18.9. The Balaban J connectivity index is 2.65. The lowest BCUT2D eigenvalue weighted by atomic mass is 10.2. The Bertz CT molecular complexity index is 503. The van der Waals surface area contributed by atoms with Gasteiger partial charge in [-0.2, -0.15) is 0 Å². The number of unbranched alkanes of at least 4 members (excludes halogenated alkanes) is 2. The third kappa shape index (κ3) is 7.59. The Labute approximate surface area is 140 Å². The van der Waals surface area contributed by atoms with E-state index in [9.17, 15) is 0 Å². The molecule has 1 rings (SSSR count). The van der Waals surface area contributed by atoms with Crippen molar-refractivity contribution in [2.75, 3.05) is 32.2 Å². The molecule has 0 aliphatic heterocycles. The van der Waals surface area contributed by atoms with Gasteiger partial charge in [-0.05, 0) is 36.8 Å². The van der Waals surface area contributed by atoms with Gasteiger partial charge >= 0.3 is 0 Å². The molecule has 1 aromatic carbocycles. The van der Waals surface area contributed by atoms with Crippen LogP contribution in [0.15, 0.2) is 60.9 Å². The summed E-state index contributed by atoms with van der Waals surface area (Å²) in [5.74, 6) is 1.54. The highest BCUT2D eigenvalue weighted by Gasteiger charge is 2.04. The molecule has 0 fully saturated rings. The minimum atomic E-state index is 0.657. The van der Waals surface area contributed by atoms with Crippen LogP contribution < -0.4 is 9.64 Å². The molecule has 0 spiro atoms. The van der Waals surface area contributed by atoms with E-state index >= 15 is 0 Å². The largest absolute Gasteiger partial charge is 0.497 e. The van der Waals surface area contributed by atoms with E-state index in [-0.39, 0.29) is 0 Å². The standard InChI is InChI=1S/C20H29NO2/c1-5-6-9-16-21(17-10-7-8-11-18(2)22-3)19-12-14-20(23-4)15-13-19/h7-8,10-15H,2,5-6,9,16-17H2,1,3-4H3/b10-7+,11-8-. The number of benzene rings is 1. The number of rotatable bonds is 11. The van der Waals surface area contributed by atoms with E-state index in [1.807, 2.05) is 30.4 Å². The molecule has 0 aliphatic carbocycles. The fourth-order valence-electron chi connectivity index (χ4n) is 2.17. The SMILES string of the molecule is C=C(/C=C\C=C\CN(CCCCC)c1ccc(OC)cc1)OC. The number of hydrogen-bond acceptors (Lipinski definition) is 3. The van der Waals surface area contributed by atoms with Gasteiger partial charge in [-0.3, -0.25) is 0 Å². The minimum Gasteiger partial charge on any atom is -0.497 e. The molecule has 3 nitrogen and oxygen atoms in total. The molecule has 0 heterocycles. The van der Waals surface area contributed by atoms with Crippen LogP contribution in [-0.2, 0) is 4.74 Å². The third-order valence-electron chi connectivity index (χ3n) is 3.59. The van der Waals surface area contributed by atoms with Gasteiger partial charge in [0.1, 0.15) is 11.5 Å². The average molecular weight is 315 g/mol. The number of hydrogen-bond donors (Lipinski definition) is 0. The maximum atomic E-state index is 5.23. The van der Waals surface area contributed by atoms with Crippen LogP contribution in [0.4, 0.5) is 5.69 Å². The highest BCUT2D eigenvalue weighted by molar-refractivity contribution is 5.49. The van der Waals surface area contributed by atoms with Gasteiger partial charge in [-0.1, -0.05) is 44.6 Å². The van der Waals surface area contributed by atoms with E-state index in [0.29, 0.717) is 5.76 Å². The second-order valence-electron chi connectivity index (χ2n) is 5.31. The molecule has 3 heteroatoms. The van der Waals surface area contributed by atoms with E-state index in [1.54, 1.807) is 14.2 Å². The minimum absolute atomic E-state index is 0.657. The Morgan fingerprint density at radius 1 is 1.13 bits per heavy atom. The molecule has 0 N–H and O–H groups in total. The average Bonchev–Trinajstić information content (AvgIpc) is 2.60. The van der Waals surface area contributed by atoms with Crippen molar-refractivity contribution in [1.82, 2.24) is 0 Å². The number of allylic oxidation sites excluding steroid dienone is 3. The maximum absolute atomic E-state index is 5.23. The summed E-state index contributed by atoms with van der Waals surface area (Å²) < 4.78 is 10.2. The number of nitrogens with zero attached hydrogens (tertiary/aromatic N) is 1. The summed E-state index contributed by atoms with van der Waals surface area (Å²) in [6, 6.07) is 8.24. The smallest absolute Gasteiger partial charge is 0.119 e. The first-order valence-corrected chi connectivity index (χ1v) is 8.16. The van der Waals surface area contributed by atoms with Crippen molar-refractivity contribution >= 4 is 5.69 Å². The Morgan fingerprint density at radius 3 is 2.48 bits per heavy atom. The summed E-state index contributed by atoms with van der Waals surface area (Å²) in [5, 5.41) is 0. The second-order valence-corrected chi connectivity index (χ2v) is 5.31. The lowest BCUT2D eigenvalue weighted by Gasteiger charge is -2.23. The first-order chi connectivity index (χ1) is 11.2. The van der Waals surface area contributed by atoms with Crippen molar-refractivity contribution in [3.63, 3.8) is 0 Å². The van der Waals surface area contributed by atoms with Gasteiger partial charge in [-0.15, -0.1) is 0 Å². The van der Waals surface area contributed by atoms with Crippen LogP contribution in [0.2, 0.25) is 0 Å². The molecular formula is C20H29NO2. The zero-order valence-electron chi connectivity index (χ0n) is 14.6. The predicted molar refractivity (Wildman–Crippen MR) is 99.2 cm³/mol. The molecule has 0 aromatic heterocycles. The van der Waals surface area contributed by atoms with Crippen LogP contribution in [0.3, 0.4) is 0 Å².